The fourth-order valence-corrected chi connectivity index (χ4v) is 3.56. The lowest BCUT2D eigenvalue weighted by molar-refractivity contribution is -0.383. The van der Waals surface area contributed by atoms with E-state index in [0.717, 1.165) is 19.7 Å². The Morgan fingerprint density at radius 2 is 2.53 bits per heavy atom. The van der Waals surface area contributed by atoms with Crippen molar-refractivity contribution in [2.24, 2.45) is 0 Å². The van der Waals surface area contributed by atoms with Crippen molar-refractivity contribution in [2.75, 3.05) is 31.6 Å². The van der Waals surface area contributed by atoms with E-state index in [0.29, 0.717) is 17.6 Å². The molecular formula is C12H17N3O3S. The molecule has 2 aliphatic heterocycles. The zero-order chi connectivity index (χ0) is 13.2. The molecule has 7 heteroatoms. The van der Waals surface area contributed by atoms with Crippen LogP contribution in [0.4, 0.5) is 10.7 Å². The number of nitrogens with zero attached hydrogens (tertiary/aromatic N) is 2. The third kappa shape index (κ3) is 2.72. The van der Waals surface area contributed by atoms with Crippen LogP contribution in [0, 0.1) is 10.1 Å². The molecule has 2 aliphatic rings. The van der Waals surface area contributed by atoms with Gasteiger partial charge in [-0.3, -0.25) is 15.0 Å². The normalized spacial score (nSPS) is 27.2. The molecule has 3 heterocycles. The predicted octanol–water partition coefficient (Wildman–Crippen LogP) is 1.93. The number of hydrogen-bond donors (Lipinski definition) is 1. The van der Waals surface area contributed by atoms with Crippen molar-refractivity contribution in [3.63, 3.8) is 0 Å². The maximum Gasteiger partial charge on any atom is 0.303 e. The maximum absolute atomic E-state index is 10.8. The van der Waals surface area contributed by atoms with Crippen LogP contribution in [0.2, 0.25) is 0 Å². The van der Waals surface area contributed by atoms with E-state index >= 15 is 0 Å². The van der Waals surface area contributed by atoms with Crippen LogP contribution >= 0.6 is 11.3 Å². The van der Waals surface area contributed by atoms with Crippen molar-refractivity contribution in [1.29, 1.82) is 0 Å². The van der Waals surface area contributed by atoms with Crippen LogP contribution in [-0.2, 0) is 4.74 Å². The van der Waals surface area contributed by atoms with Gasteiger partial charge in [0.2, 0.25) is 0 Å². The number of anilines is 1. The summed E-state index contributed by atoms with van der Waals surface area (Å²) < 4.78 is 5.82. The van der Waals surface area contributed by atoms with Gasteiger partial charge < -0.3 is 10.1 Å². The average Bonchev–Trinajstić information content (AvgIpc) is 3.04. The van der Waals surface area contributed by atoms with Crippen LogP contribution in [0.1, 0.15) is 12.8 Å². The van der Waals surface area contributed by atoms with Gasteiger partial charge in [0, 0.05) is 25.2 Å². The van der Waals surface area contributed by atoms with Crippen LogP contribution in [0.5, 0.6) is 0 Å². The number of thiophene rings is 1. The molecule has 0 amide bonds. The highest BCUT2D eigenvalue weighted by atomic mass is 32.1. The standard InChI is InChI=1S/C12H17N3O3S/c16-15(17)11-3-5-19-12(11)13-6-10-7-14-4-1-2-9(14)8-18-10/h3,5,9-10,13H,1-2,4,6-8H2/t9-,10-/m0/s1. The third-order valence-corrected chi connectivity index (χ3v) is 4.65. The van der Waals surface area contributed by atoms with Gasteiger partial charge in [-0.1, -0.05) is 0 Å². The van der Waals surface area contributed by atoms with Gasteiger partial charge in [-0.05, 0) is 24.8 Å². The second kappa shape index (κ2) is 5.44. The minimum atomic E-state index is -0.350. The van der Waals surface area contributed by atoms with Crippen LogP contribution < -0.4 is 5.32 Å². The second-order valence-corrected chi connectivity index (χ2v) is 5.94. The summed E-state index contributed by atoms with van der Waals surface area (Å²) in [6.07, 6.45) is 2.61. The first-order valence-corrected chi connectivity index (χ1v) is 7.43. The summed E-state index contributed by atoms with van der Waals surface area (Å²) in [7, 11) is 0. The highest BCUT2D eigenvalue weighted by molar-refractivity contribution is 7.14. The molecule has 0 aliphatic carbocycles. The summed E-state index contributed by atoms with van der Waals surface area (Å²) in [6, 6.07) is 2.12. The van der Waals surface area contributed by atoms with Crippen molar-refractivity contribution in [3.8, 4) is 0 Å². The molecule has 2 fully saturated rings. The summed E-state index contributed by atoms with van der Waals surface area (Å²) in [5.74, 6) is 0. The Morgan fingerprint density at radius 1 is 1.63 bits per heavy atom. The first kappa shape index (κ1) is 12.8. The number of ether oxygens (including phenoxy) is 1. The van der Waals surface area contributed by atoms with Gasteiger partial charge in [-0.2, -0.15) is 0 Å². The monoisotopic (exact) mass is 283 g/mol. The number of hydrogen-bond acceptors (Lipinski definition) is 6. The minimum Gasteiger partial charge on any atom is -0.373 e. The van der Waals surface area contributed by atoms with Crippen LogP contribution in [0.15, 0.2) is 11.4 Å². The number of morpholine rings is 1. The fraction of sp³-hybridized carbons (Fsp3) is 0.667. The van der Waals surface area contributed by atoms with Crippen LogP contribution in [0.3, 0.4) is 0 Å². The Kier molecular flexibility index (Phi) is 3.67. The average molecular weight is 283 g/mol. The zero-order valence-corrected chi connectivity index (χ0v) is 11.4. The molecule has 19 heavy (non-hydrogen) atoms. The molecule has 6 nitrogen and oxygen atoms in total. The molecule has 0 spiro atoms. The van der Waals surface area contributed by atoms with Gasteiger partial charge in [0.25, 0.3) is 0 Å². The first-order chi connectivity index (χ1) is 9.24. The van der Waals surface area contributed by atoms with E-state index in [2.05, 4.69) is 10.2 Å². The molecule has 1 aromatic rings. The SMILES string of the molecule is O=[N+]([O-])c1ccsc1NC[C@H]1CN2CCC[C@H]2CO1. The molecule has 104 valence electrons. The Balaban J connectivity index is 1.55. The molecule has 0 bridgehead atoms. The maximum atomic E-state index is 10.8. The largest absolute Gasteiger partial charge is 0.373 e. The van der Waals surface area contributed by atoms with E-state index in [1.165, 1.54) is 30.2 Å². The lowest BCUT2D eigenvalue weighted by Gasteiger charge is -2.35. The molecule has 1 N–H and O–H groups in total. The summed E-state index contributed by atoms with van der Waals surface area (Å²) in [5, 5.41) is 16.3. The number of nitro groups is 1. The second-order valence-electron chi connectivity index (χ2n) is 5.02. The molecule has 3 rings (SSSR count). The van der Waals surface area contributed by atoms with Gasteiger partial charge in [-0.15, -0.1) is 11.3 Å². The summed E-state index contributed by atoms with van der Waals surface area (Å²) in [5.41, 5.74) is 0.153. The third-order valence-electron chi connectivity index (χ3n) is 3.79. The molecule has 2 atom stereocenters. The number of rotatable bonds is 4. The summed E-state index contributed by atoms with van der Waals surface area (Å²) in [4.78, 5) is 12.9. The van der Waals surface area contributed by atoms with Gasteiger partial charge in [0.15, 0.2) is 5.00 Å². The first-order valence-electron chi connectivity index (χ1n) is 6.55. The summed E-state index contributed by atoms with van der Waals surface area (Å²) >= 11 is 1.36. The molecular weight excluding hydrogens is 266 g/mol. The predicted molar refractivity (Wildman–Crippen MR) is 73.8 cm³/mol. The van der Waals surface area contributed by atoms with Crippen LogP contribution in [-0.4, -0.2) is 48.2 Å². The quantitative estimate of drug-likeness (QED) is 0.675. The Bertz CT molecular complexity index is 465. The molecule has 0 saturated carbocycles. The van der Waals surface area contributed by atoms with Gasteiger partial charge in [0.05, 0.1) is 17.6 Å². The van der Waals surface area contributed by atoms with Crippen molar-refractivity contribution in [3.05, 3.63) is 21.6 Å². The van der Waals surface area contributed by atoms with Gasteiger partial charge in [0.1, 0.15) is 0 Å². The molecule has 1 aromatic heterocycles. The minimum absolute atomic E-state index is 0.121. The zero-order valence-electron chi connectivity index (χ0n) is 10.6. The van der Waals surface area contributed by atoms with Crippen molar-refractivity contribution < 1.29 is 9.66 Å². The van der Waals surface area contributed by atoms with E-state index < -0.39 is 0 Å². The van der Waals surface area contributed by atoms with Crippen molar-refractivity contribution >= 4 is 22.0 Å². The Morgan fingerprint density at radius 3 is 3.37 bits per heavy atom. The van der Waals surface area contributed by atoms with E-state index in [4.69, 9.17) is 4.74 Å². The van der Waals surface area contributed by atoms with Crippen molar-refractivity contribution in [2.45, 2.75) is 25.0 Å². The van der Waals surface area contributed by atoms with Gasteiger partial charge in [-0.25, -0.2) is 0 Å². The fourth-order valence-electron chi connectivity index (χ4n) is 2.79. The molecule has 0 aromatic carbocycles. The topological polar surface area (TPSA) is 67.6 Å². The number of fused-ring (bicyclic) bond motifs is 1. The Hall–Kier alpha value is -1.18. The van der Waals surface area contributed by atoms with E-state index in [1.54, 1.807) is 5.38 Å². The molecule has 0 unspecified atom stereocenters. The van der Waals surface area contributed by atoms with E-state index in [1.807, 2.05) is 0 Å². The van der Waals surface area contributed by atoms with Crippen molar-refractivity contribution in [1.82, 2.24) is 4.90 Å². The Labute approximate surface area is 115 Å². The van der Waals surface area contributed by atoms with E-state index in [-0.39, 0.29) is 16.7 Å². The smallest absolute Gasteiger partial charge is 0.303 e. The van der Waals surface area contributed by atoms with E-state index in [9.17, 15) is 10.1 Å². The van der Waals surface area contributed by atoms with Gasteiger partial charge >= 0.3 is 5.69 Å². The lowest BCUT2D eigenvalue weighted by atomic mass is 10.2. The molecule has 0 radical (unpaired) electrons. The highest BCUT2D eigenvalue weighted by Gasteiger charge is 2.32. The molecule has 2 saturated heterocycles. The summed E-state index contributed by atoms with van der Waals surface area (Å²) in [6.45, 7) is 3.50. The highest BCUT2D eigenvalue weighted by Crippen LogP contribution is 2.30. The van der Waals surface area contributed by atoms with Crippen LogP contribution in [0.25, 0.3) is 0 Å². The lowest BCUT2D eigenvalue weighted by Crippen LogP contribution is -2.48. The number of nitrogens with one attached hydrogen (secondary N) is 1.